The van der Waals surface area contributed by atoms with E-state index in [-0.39, 0.29) is 6.42 Å². The molecular formula is C16H11ClN4O2. The van der Waals surface area contributed by atoms with E-state index in [1.54, 1.807) is 36.4 Å². The zero-order valence-corrected chi connectivity index (χ0v) is 12.9. The Hall–Kier alpha value is -3.06. The molecule has 0 radical (unpaired) electrons. The maximum Gasteiger partial charge on any atom is 0.306 e. The molecule has 0 saturated heterocycles. The molecule has 1 aromatic rings. The van der Waals surface area contributed by atoms with Gasteiger partial charge in [0.2, 0.25) is 0 Å². The van der Waals surface area contributed by atoms with E-state index < -0.39 is 23.2 Å². The summed E-state index contributed by atoms with van der Waals surface area (Å²) in [5.41, 5.74) is -1.57. The number of methoxy groups -OCH3 is 1. The van der Waals surface area contributed by atoms with Gasteiger partial charge in [0.15, 0.2) is 11.3 Å². The van der Waals surface area contributed by atoms with Crippen molar-refractivity contribution in [1.29, 1.82) is 21.0 Å². The summed E-state index contributed by atoms with van der Waals surface area (Å²) in [4.78, 5) is 11.7. The van der Waals surface area contributed by atoms with Crippen LogP contribution in [-0.2, 0) is 9.53 Å². The van der Waals surface area contributed by atoms with E-state index in [4.69, 9.17) is 22.1 Å². The summed E-state index contributed by atoms with van der Waals surface area (Å²) < 4.78 is 4.61. The Labute approximate surface area is 138 Å². The van der Waals surface area contributed by atoms with Crippen molar-refractivity contribution in [2.75, 3.05) is 7.11 Å². The van der Waals surface area contributed by atoms with Gasteiger partial charge >= 0.3 is 5.97 Å². The Morgan fingerprint density at radius 3 is 2.09 bits per heavy atom. The van der Waals surface area contributed by atoms with E-state index in [1.807, 2.05) is 0 Å². The van der Waals surface area contributed by atoms with Crippen LogP contribution in [0.25, 0.3) is 0 Å². The highest BCUT2D eigenvalue weighted by molar-refractivity contribution is 6.30. The largest absolute Gasteiger partial charge is 0.469 e. The molecule has 0 saturated carbocycles. The predicted molar refractivity (Wildman–Crippen MR) is 79.2 cm³/mol. The number of carbonyl (C=O) groups excluding carboxylic acids is 1. The van der Waals surface area contributed by atoms with Crippen LogP contribution in [0, 0.1) is 56.7 Å². The fraction of sp³-hybridized carbons (Fsp3) is 0.312. The molecule has 0 N–H and O–H groups in total. The maximum absolute atomic E-state index is 11.7. The van der Waals surface area contributed by atoms with E-state index in [0.29, 0.717) is 10.6 Å². The van der Waals surface area contributed by atoms with Crippen molar-refractivity contribution >= 4 is 17.6 Å². The quantitative estimate of drug-likeness (QED) is 0.766. The maximum atomic E-state index is 11.7. The van der Waals surface area contributed by atoms with Crippen LogP contribution in [0.2, 0.25) is 5.02 Å². The summed E-state index contributed by atoms with van der Waals surface area (Å²) in [6, 6.07) is 13.0. The van der Waals surface area contributed by atoms with Crippen LogP contribution in [0.4, 0.5) is 0 Å². The molecule has 1 rings (SSSR count). The van der Waals surface area contributed by atoms with Crippen molar-refractivity contribution in [3.63, 3.8) is 0 Å². The smallest absolute Gasteiger partial charge is 0.306 e. The monoisotopic (exact) mass is 326 g/mol. The molecule has 0 aliphatic heterocycles. The topological polar surface area (TPSA) is 121 Å². The Morgan fingerprint density at radius 2 is 1.70 bits per heavy atom. The molecular weight excluding hydrogens is 316 g/mol. The van der Waals surface area contributed by atoms with E-state index >= 15 is 0 Å². The predicted octanol–water partition coefficient (Wildman–Crippen LogP) is 2.68. The average Bonchev–Trinajstić information content (AvgIpc) is 2.58. The van der Waals surface area contributed by atoms with Gasteiger partial charge in [-0.1, -0.05) is 23.7 Å². The van der Waals surface area contributed by atoms with Gasteiger partial charge < -0.3 is 4.74 Å². The second-order valence-electron chi connectivity index (χ2n) is 4.67. The third-order valence-electron chi connectivity index (χ3n) is 3.50. The molecule has 0 bridgehead atoms. The summed E-state index contributed by atoms with van der Waals surface area (Å²) in [5.74, 6) is -3.19. The van der Waals surface area contributed by atoms with Crippen molar-refractivity contribution in [2.24, 2.45) is 11.3 Å². The van der Waals surface area contributed by atoms with Crippen LogP contribution in [0.5, 0.6) is 0 Å². The molecule has 1 atom stereocenters. The summed E-state index contributed by atoms with van der Waals surface area (Å²) in [6.45, 7) is 0. The lowest BCUT2D eigenvalue weighted by Gasteiger charge is -2.29. The highest BCUT2D eigenvalue weighted by Gasteiger charge is 2.49. The Bertz CT molecular complexity index is 719. The number of hydrogen-bond donors (Lipinski definition) is 0. The first-order valence-electron chi connectivity index (χ1n) is 6.43. The fourth-order valence-corrected chi connectivity index (χ4v) is 2.36. The number of hydrogen-bond acceptors (Lipinski definition) is 6. The summed E-state index contributed by atoms with van der Waals surface area (Å²) in [7, 11) is 1.17. The minimum absolute atomic E-state index is 0.320. The van der Waals surface area contributed by atoms with Crippen molar-refractivity contribution in [1.82, 2.24) is 0 Å². The van der Waals surface area contributed by atoms with Crippen LogP contribution in [0.15, 0.2) is 24.3 Å². The number of halogens is 1. The minimum atomic E-state index is -2.01. The number of esters is 1. The van der Waals surface area contributed by atoms with Gasteiger partial charge in [0.1, 0.15) is 0 Å². The van der Waals surface area contributed by atoms with Crippen LogP contribution in [0.1, 0.15) is 17.9 Å². The van der Waals surface area contributed by atoms with E-state index in [2.05, 4.69) is 4.74 Å². The van der Waals surface area contributed by atoms with Gasteiger partial charge in [-0.25, -0.2) is 0 Å². The molecule has 0 aliphatic carbocycles. The summed E-state index contributed by atoms with van der Waals surface area (Å²) in [5, 5.41) is 37.8. The Balaban J connectivity index is 3.54. The number of carbonyl (C=O) groups is 1. The highest BCUT2D eigenvalue weighted by atomic mass is 35.5. The summed E-state index contributed by atoms with van der Waals surface area (Å²) in [6.07, 6.45) is -0.320. The second-order valence-corrected chi connectivity index (χ2v) is 5.10. The van der Waals surface area contributed by atoms with Gasteiger partial charge in [-0.2, -0.15) is 21.0 Å². The molecule has 1 unspecified atom stereocenters. The first kappa shape index (κ1) is 18.0. The van der Waals surface area contributed by atoms with Crippen LogP contribution in [-0.4, -0.2) is 13.1 Å². The van der Waals surface area contributed by atoms with Crippen molar-refractivity contribution < 1.29 is 9.53 Å². The zero-order valence-electron chi connectivity index (χ0n) is 12.2. The molecule has 114 valence electrons. The molecule has 1 aromatic carbocycles. The van der Waals surface area contributed by atoms with E-state index in [1.165, 1.54) is 19.2 Å². The lowest BCUT2D eigenvalue weighted by molar-refractivity contribution is -0.141. The SMILES string of the molecule is COC(=O)CC(c1ccc(Cl)cc1)C(C#N)(C#N)C(C#N)C#N. The van der Waals surface area contributed by atoms with Gasteiger partial charge in [-0.3, -0.25) is 4.79 Å². The lowest BCUT2D eigenvalue weighted by atomic mass is 9.65. The molecule has 0 aliphatic rings. The van der Waals surface area contributed by atoms with Gasteiger partial charge in [0, 0.05) is 10.9 Å². The normalized spacial score (nSPS) is 11.4. The Morgan fingerprint density at radius 1 is 1.17 bits per heavy atom. The minimum Gasteiger partial charge on any atom is -0.469 e. The molecule has 0 aromatic heterocycles. The number of ether oxygens (including phenoxy) is 1. The van der Waals surface area contributed by atoms with Gasteiger partial charge in [0.25, 0.3) is 0 Å². The first-order chi connectivity index (χ1) is 11.0. The van der Waals surface area contributed by atoms with Gasteiger partial charge in [-0.05, 0) is 17.7 Å². The fourth-order valence-electron chi connectivity index (χ4n) is 2.23. The average molecular weight is 327 g/mol. The molecule has 0 fully saturated rings. The summed E-state index contributed by atoms with van der Waals surface area (Å²) >= 11 is 5.82. The van der Waals surface area contributed by atoms with Crippen LogP contribution >= 0.6 is 11.6 Å². The van der Waals surface area contributed by atoms with Crippen molar-refractivity contribution in [2.45, 2.75) is 12.3 Å². The van der Waals surface area contributed by atoms with E-state index in [0.717, 1.165) is 0 Å². The zero-order chi connectivity index (χ0) is 17.5. The first-order valence-corrected chi connectivity index (χ1v) is 6.80. The molecule has 6 nitrogen and oxygen atoms in total. The molecule has 0 amide bonds. The molecule has 0 spiro atoms. The molecule has 7 heteroatoms. The van der Waals surface area contributed by atoms with E-state index in [9.17, 15) is 15.3 Å². The number of benzene rings is 1. The van der Waals surface area contributed by atoms with Crippen LogP contribution in [0.3, 0.4) is 0 Å². The molecule has 0 heterocycles. The number of rotatable bonds is 5. The molecule has 23 heavy (non-hydrogen) atoms. The van der Waals surface area contributed by atoms with Gasteiger partial charge in [-0.15, -0.1) is 0 Å². The third kappa shape index (κ3) is 3.58. The van der Waals surface area contributed by atoms with Crippen molar-refractivity contribution in [3.8, 4) is 24.3 Å². The van der Waals surface area contributed by atoms with Crippen molar-refractivity contribution in [3.05, 3.63) is 34.9 Å². The third-order valence-corrected chi connectivity index (χ3v) is 3.76. The Kier molecular flexibility index (Phi) is 6.11. The lowest BCUT2D eigenvalue weighted by Crippen LogP contribution is -2.34. The second kappa shape index (κ2) is 7.81. The highest BCUT2D eigenvalue weighted by Crippen LogP contribution is 2.44. The number of nitrogens with zero attached hydrogens (tertiary/aromatic N) is 4. The number of nitriles is 4. The van der Waals surface area contributed by atoms with Crippen LogP contribution < -0.4 is 0 Å². The van der Waals surface area contributed by atoms with Gasteiger partial charge in [0.05, 0.1) is 37.8 Å². The standard InChI is InChI=1S/C16H11ClN4O2/c1-23-15(22)6-14(11-2-4-13(17)5-3-11)16(9-20,10-21)12(7-18)8-19/h2-5,12,14H,6H2,1H3.